The normalized spacial score (nSPS) is 10.5. The molecule has 124 valence electrons. The molecule has 0 bridgehead atoms. The number of carbonyl (C=O) groups is 2. The van der Waals surface area contributed by atoms with E-state index in [4.69, 9.17) is 9.15 Å². The largest absolute Gasteiger partial charge is 0.467 e. The molecule has 3 rings (SSSR count). The van der Waals surface area contributed by atoms with Crippen LogP contribution in [0.2, 0.25) is 0 Å². The summed E-state index contributed by atoms with van der Waals surface area (Å²) in [6.45, 7) is 2.43. The predicted octanol–water partition coefficient (Wildman–Crippen LogP) is 3.99. The first kappa shape index (κ1) is 16.1. The van der Waals surface area contributed by atoms with Gasteiger partial charge in [-0.25, -0.2) is 9.59 Å². The Labute approximate surface area is 142 Å². The number of esters is 1. The molecule has 1 aromatic carbocycles. The van der Waals surface area contributed by atoms with E-state index in [-0.39, 0.29) is 12.0 Å². The summed E-state index contributed by atoms with van der Waals surface area (Å²) < 4.78 is 11.1. The molecule has 24 heavy (non-hydrogen) atoms. The van der Waals surface area contributed by atoms with Gasteiger partial charge in [0.25, 0.3) is 0 Å². The molecule has 3 aromatic rings. The molecule has 0 aliphatic heterocycles. The number of thiophene rings is 1. The Balaban J connectivity index is 1.66. The van der Waals surface area contributed by atoms with Gasteiger partial charge in [-0.15, -0.1) is 11.3 Å². The summed E-state index contributed by atoms with van der Waals surface area (Å²) in [6.07, 6.45) is 1.56. The monoisotopic (exact) mass is 344 g/mol. The number of carbonyl (C=O) groups excluding carboxylic acids is 2. The van der Waals surface area contributed by atoms with Gasteiger partial charge in [0.2, 0.25) is 0 Å². The molecule has 0 unspecified atom stereocenters. The van der Waals surface area contributed by atoms with Crippen LogP contribution in [0.15, 0.2) is 47.1 Å². The SMILES string of the molecule is CCOC(=O)c1cc2cc(NC(=O)NCc3ccco3)ccc2s1. The summed E-state index contributed by atoms with van der Waals surface area (Å²) in [5.41, 5.74) is 0.646. The van der Waals surface area contributed by atoms with Crippen LogP contribution in [0.1, 0.15) is 22.4 Å². The van der Waals surface area contributed by atoms with Gasteiger partial charge in [-0.2, -0.15) is 0 Å². The molecule has 0 saturated carbocycles. The molecule has 7 heteroatoms. The number of benzene rings is 1. The number of ether oxygens (including phenoxy) is 1. The number of rotatable bonds is 5. The number of furan rings is 1. The molecule has 0 saturated heterocycles. The summed E-state index contributed by atoms with van der Waals surface area (Å²) in [5.74, 6) is 0.349. The molecule has 0 aliphatic rings. The molecule has 0 radical (unpaired) electrons. The minimum Gasteiger partial charge on any atom is -0.467 e. The fourth-order valence-corrected chi connectivity index (χ4v) is 3.12. The van der Waals surface area contributed by atoms with Crippen molar-refractivity contribution in [2.24, 2.45) is 0 Å². The van der Waals surface area contributed by atoms with Crippen molar-refractivity contribution in [1.29, 1.82) is 0 Å². The van der Waals surface area contributed by atoms with Crippen molar-refractivity contribution in [3.8, 4) is 0 Å². The maximum Gasteiger partial charge on any atom is 0.348 e. The highest BCUT2D eigenvalue weighted by atomic mass is 32.1. The maximum absolute atomic E-state index is 11.9. The van der Waals surface area contributed by atoms with Crippen molar-refractivity contribution < 1.29 is 18.7 Å². The highest BCUT2D eigenvalue weighted by Gasteiger charge is 2.12. The van der Waals surface area contributed by atoms with Crippen LogP contribution in [0.4, 0.5) is 10.5 Å². The summed E-state index contributed by atoms with van der Waals surface area (Å²) in [5, 5.41) is 6.34. The Kier molecular flexibility index (Phi) is 4.81. The fourth-order valence-electron chi connectivity index (χ4n) is 2.18. The topological polar surface area (TPSA) is 80.6 Å². The summed E-state index contributed by atoms with van der Waals surface area (Å²) in [6, 6.07) is 10.5. The molecule has 2 amide bonds. The van der Waals surface area contributed by atoms with E-state index in [0.29, 0.717) is 29.5 Å². The Bertz CT molecular complexity index is 855. The third-order valence-electron chi connectivity index (χ3n) is 3.25. The van der Waals surface area contributed by atoms with E-state index in [2.05, 4.69) is 10.6 Å². The molecule has 6 nitrogen and oxygen atoms in total. The number of hydrogen-bond acceptors (Lipinski definition) is 5. The van der Waals surface area contributed by atoms with Gasteiger partial charge in [-0.05, 0) is 48.7 Å². The molecular formula is C17H16N2O4S. The van der Waals surface area contributed by atoms with Crippen LogP contribution in [-0.4, -0.2) is 18.6 Å². The smallest absolute Gasteiger partial charge is 0.348 e. The van der Waals surface area contributed by atoms with E-state index in [0.717, 1.165) is 10.1 Å². The van der Waals surface area contributed by atoms with E-state index in [1.54, 1.807) is 37.5 Å². The van der Waals surface area contributed by atoms with Gasteiger partial charge in [0.05, 0.1) is 19.4 Å². The summed E-state index contributed by atoms with van der Waals surface area (Å²) in [4.78, 5) is 24.2. The van der Waals surface area contributed by atoms with E-state index in [1.807, 2.05) is 12.1 Å². The lowest BCUT2D eigenvalue weighted by molar-refractivity contribution is 0.0532. The Morgan fingerprint density at radius 2 is 2.12 bits per heavy atom. The third kappa shape index (κ3) is 3.75. The summed E-state index contributed by atoms with van der Waals surface area (Å²) >= 11 is 1.37. The summed E-state index contributed by atoms with van der Waals surface area (Å²) in [7, 11) is 0. The Morgan fingerprint density at radius 3 is 2.88 bits per heavy atom. The van der Waals surface area contributed by atoms with E-state index in [1.165, 1.54) is 11.3 Å². The second-order valence-corrected chi connectivity index (χ2v) is 6.05. The van der Waals surface area contributed by atoms with Gasteiger partial charge >= 0.3 is 12.0 Å². The third-order valence-corrected chi connectivity index (χ3v) is 4.35. The van der Waals surface area contributed by atoms with Crippen LogP contribution >= 0.6 is 11.3 Å². The molecule has 2 aromatic heterocycles. The zero-order chi connectivity index (χ0) is 16.9. The van der Waals surface area contributed by atoms with E-state index >= 15 is 0 Å². The number of fused-ring (bicyclic) bond motifs is 1. The van der Waals surface area contributed by atoms with Crippen LogP contribution in [0.3, 0.4) is 0 Å². The maximum atomic E-state index is 11.9. The first-order valence-corrected chi connectivity index (χ1v) is 8.25. The minimum atomic E-state index is -0.329. The molecule has 0 spiro atoms. The van der Waals surface area contributed by atoms with Crippen molar-refractivity contribution in [3.05, 3.63) is 53.3 Å². The van der Waals surface area contributed by atoms with Crippen molar-refractivity contribution >= 4 is 39.1 Å². The van der Waals surface area contributed by atoms with Crippen LogP contribution in [0.5, 0.6) is 0 Å². The zero-order valence-corrected chi connectivity index (χ0v) is 13.8. The lowest BCUT2D eigenvalue weighted by Gasteiger charge is -2.06. The van der Waals surface area contributed by atoms with E-state index in [9.17, 15) is 9.59 Å². The van der Waals surface area contributed by atoms with Gasteiger partial charge in [0.15, 0.2) is 0 Å². The van der Waals surface area contributed by atoms with Crippen LogP contribution in [-0.2, 0) is 11.3 Å². The highest BCUT2D eigenvalue weighted by Crippen LogP contribution is 2.28. The molecular weight excluding hydrogens is 328 g/mol. The van der Waals surface area contributed by atoms with Crippen molar-refractivity contribution in [2.75, 3.05) is 11.9 Å². The van der Waals surface area contributed by atoms with Gasteiger partial charge in [-0.3, -0.25) is 0 Å². The minimum absolute atomic E-state index is 0.312. The first-order chi connectivity index (χ1) is 11.7. The highest BCUT2D eigenvalue weighted by molar-refractivity contribution is 7.20. The van der Waals surface area contributed by atoms with Crippen molar-refractivity contribution in [3.63, 3.8) is 0 Å². The second-order valence-electron chi connectivity index (χ2n) is 4.97. The standard InChI is InChI=1S/C17H16N2O4S/c1-2-22-16(20)15-9-11-8-12(5-6-14(11)24-15)19-17(21)18-10-13-4-3-7-23-13/h3-9H,2,10H2,1H3,(H2,18,19,21). The number of anilines is 1. The van der Waals surface area contributed by atoms with Crippen molar-refractivity contribution in [2.45, 2.75) is 13.5 Å². The lowest BCUT2D eigenvalue weighted by Crippen LogP contribution is -2.27. The first-order valence-electron chi connectivity index (χ1n) is 7.43. The predicted molar refractivity (Wildman–Crippen MR) is 92.3 cm³/mol. The molecule has 0 fully saturated rings. The molecule has 0 aliphatic carbocycles. The van der Waals surface area contributed by atoms with Crippen LogP contribution in [0, 0.1) is 0 Å². The average Bonchev–Trinajstić information content (AvgIpc) is 3.22. The van der Waals surface area contributed by atoms with Gasteiger partial charge in [0.1, 0.15) is 10.6 Å². The van der Waals surface area contributed by atoms with Gasteiger partial charge in [0, 0.05) is 10.4 Å². The zero-order valence-electron chi connectivity index (χ0n) is 13.0. The van der Waals surface area contributed by atoms with Crippen molar-refractivity contribution in [1.82, 2.24) is 5.32 Å². The molecule has 2 N–H and O–H groups in total. The number of amides is 2. The Hall–Kier alpha value is -2.80. The molecule has 2 heterocycles. The Morgan fingerprint density at radius 1 is 1.25 bits per heavy atom. The molecule has 0 atom stereocenters. The fraction of sp³-hybridized carbons (Fsp3) is 0.176. The van der Waals surface area contributed by atoms with Crippen LogP contribution in [0.25, 0.3) is 10.1 Å². The number of urea groups is 1. The number of nitrogens with one attached hydrogen (secondary N) is 2. The lowest BCUT2D eigenvalue weighted by atomic mass is 10.2. The van der Waals surface area contributed by atoms with E-state index < -0.39 is 0 Å². The quantitative estimate of drug-likeness (QED) is 0.686. The number of hydrogen-bond donors (Lipinski definition) is 2. The van der Waals surface area contributed by atoms with Crippen LogP contribution < -0.4 is 10.6 Å². The average molecular weight is 344 g/mol. The van der Waals surface area contributed by atoms with Gasteiger partial charge < -0.3 is 19.8 Å². The van der Waals surface area contributed by atoms with Gasteiger partial charge in [-0.1, -0.05) is 0 Å². The second kappa shape index (κ2) is 7.18.